The van der Waals surface area contributed by atoms with E-state index in [0.717, 1.165) is 48.6 Å². The largest absolute Gasteiger partial charge is 0.351 e. The molecule has 1 aromatic carbocycles. The van der Waals surface area contributed by atoms with Gasteiger partial charge in [0.15, 0.2) is 5.82 Å². The molecule has 1 aliphatic heterocycles. The summed E-state index contributed by atoms with van der Waals surface area (Å²) in [6.07, 6.45) is 10.7. The summed E-state index contributed by atoms with van der Waals surface area (Å²) >= 11 is 5.90. The average Bonchev–Trinajstić information content (AvgIpc) is 3.55. The van der Waals surface area contributed by atoms with Gasteiger partial charge < -0.3 is 15.5 Å². The van der Waals surface area contributed by atoms with Crippen LogP contribution in [0.4, 0.5) is 16.2 Å². The zero-order chi connectivity index (χ0) is 26.4. The molecule has 4 aromatic heterocycles. The van der Waals surface area contributed by atoms with E-state index in [0.29, 0.717) is 22.1 Å². The maximum Gasteiger partial charge on any atom is 0.225 e. The van der Waals surface area contributed by atoms with Gasteiger partial charge in [0.25, 0.3) is 0 Å². The average molecular weight is 533 g/mol. The van der Waals surface area contributed by atoms with E-state index in [2.05, 4.69) is 41.0 Å². The van der Waals surface area contributed by atoms with Gasteiger partial charge >= 0.3 is 0 Å². The van der Waals surface area contributed by atoms with Crippen LogP contribution in [-0.4, -0.2) is 60.5 Å². The Balaban J connectivity index is 1.17. The minimum Gasteiger partial charge on any atom is -0.351 e. The summed E-state index contributed by atoms with van der Waals surface area (Å²) in [5, 5.41) is 8.98. The topological polar surface area (TPSA) is 106 Å². The zero-order valence-electron chi connectivity index (χ0n) is 21.0. The van der Waals surface area contributed by atoms with Crippen LogP contribution in [0.2, 0.25) is 5.02 Å². The molecule has 1 saturated heterocycles. The van der Waals surface area contributed by atoms with Crippen molar-refractivity contribution in [3.05, 3.63) is 83.5 Å². The number of fused-ring (bicyclic) bond motifs is 1. The van der Waals surface area contributed by atoms with Gasteiger partial charge in [-0.15, -0.1) is 0 Å². The first kappa shape index (κ1) is 24.3. The van der Waals surface area contributed by atoms with E-state index in [1.165, 1.54) is 6.07 Å². The van der Waals surface area contributed by atoms with Crippen molar-refractivity contribution in [3.8, 4) is 11.1 Å². The Morgan fingerprint density at radius 2 is 1.66 bits per heavy atom. The number of halogens is 2. The Kier molecular flexibility index (Phi) is 5.96. The fraction of sp³-hybridized carbons (Fsp3) is 0.269. The van der Waals surface area contributed by atoms with Crippen molar-refractivity contribution >= 4 is 28.9 Å². The van der Waals surface area contributed by atoms with Gasteiger partial charge in [0, 0.05) is 85.3 Å². The van der Waals surface area contributed by atoms with Gasteiger partial charge in [-0.2, -0.15) is 10.2 Å². The van der Waals surface area contributed by atoms with Crippen molar-refractivity contribution in [3.63, 3.8) is 0 Å². The summed E-state index contributed by atoms with van der Waals surface area (Å²) in [4.78, 5) is 18.1. The highest BCUT2D eigenvalue weighted by atomic mass is 35.5. The quantitative estimate of drug-likeness (QED) is 0.367. The van der Waals surface area contributed by atoms with Crippen LogP contribution in [0.25, 0.3) is 16.6 Å². The Morgan fingerprint density at radius 1 is 0.921 bits per heavy atom. The van der Waals surface area contributed by atoms with Crippen molar-refractivity contribution in [2.45, 2.75) is 12.5 Å². The first-order valence-corrected chi connectivity index (χ1v) is 12.6. The van der Waals surface area contributed by atoms with Crippen LogP contribution < -0.4 is 15.5 Å². The molecule has 0 aliphatic carbocycles. The number of aryl methyl sites for hydroxylation is 1. The number of hydrogen-bond donors (Lipinski definition) is 1. The van der Waals surface area contributed by atoms with Crippen LogP contribution in [0, 0.1) is 5.82 Å². The molecule has 6 rings (SSSR count). The second-order valence-electron chi connectivity index (χ2n) is 9.62. The van der Waals surface area contributed by atoms with E-state index in [4.69, 9.17) is 17.3 Å². The maximum absolute atomic E-state index is 14.5. The van der Waals surface area contributed by atoms with Gasteiger partial charge in [-0.1, -0.05) is 17.7 Å². The minimum absolute atomic E-state index is 0.321. The van der Waals surface area contributed by atoms with Crippen LogP contribution in [-0.2, 0) is 12.6 Å². The molecular weight excluding hydrogens is 507 g/mol. The van der Waals surface area contributed by atoms with Crippen LogP contribution in [0.3, 0.4) is 0 Å². The van der Waals surface area contributed by atoms with Crippen molar-refractivity contribution in [1.82, 2.24) is 34.3 Å². The first-order chi connectivity index (χ1) is 18.3. The molecule has 0 spiro atoms. The Bertz CT molecular complexity index is 1600. The fourth-order valence-corrected chi connectivity index (χ4v) is 4.98. The third-order valence-electron chi connectivity index (χ3n) is 7.01. The van der Waals surface area contributed by atoms with Crippen LogP contribution >= 0.6 is 11.6 Å². The normalized spacial score (nSPS) is 15.7. The van der Waals surface area contributed by atoms with Crippen molar-refractivity contribution < 1.29 is 4.39 Å². The summed E-state index contributed by atoms with van der Waals surface area (Å²) in [5.74, 6) is 1.03. The minimum atomic E-state index is -1.10. The second kappa shape index (κ2) is 9.34. The summed E-state index contributed by atoms with van der Waals surface area (Å²) in [6.45, 7) is 4.67. The van der Waals surface area contributed by atoms with Gasteiger partial charge in [0.05, 0.1) is 11.7 Å². The highest BCUT2D eigenvalue weighted by Gasteiger charge is 2.29. The molecule has 0 unspecified atom stereocenters. The highest BCUT2D eigenvalue weighted by molar-refractivity contribution is 6.30. The smallest absolute Gasteiger partial charge is 0.225 e. The monoisotopic (exact) mass is 532 g/mol. The Hall–Kier alpha value is -4.09. The third kappa shape index (κ3) is 4.33. The van der Waals surface area contributed by atoms with Crippen LogP contribution in [0.5, 0.6) is 0 Å². The molecule has 0 saturated carbocycles. The molecule has 5 aromatic rings. The molecule has 38 heavy (non-hydrogen) atoms. The van der Waals surface area contributed by atoms with Crippen LogP contribution in [0.15, 0.2) is 61.6 Å². The molecule has 0 bridgehead atoms. The number of hydrogen-bond acceptors (Lipinski definition) is 8. The maximum atomic E-state index is 14.5. The first-order valence-electron chi connectivity index (χ1n) is 12.2. The molecule has 0 amide bonds. The van der Waals surface area contributed by atoms with E-state index in [1.54, 1.807) is 42.5 Å². The number of anilines is 2. The lowest BCUT2D eigenvalue weighted by Crippen LogP contribution is -2.47. The summed E-state index contributed by atoms with van der Waals surface area (Å²) < 4.78 is 18.2. The van der Waals surface area contributed by atoms with Gasteiger partial charge in [-0.3, -0.25) is 4.68 Å². The van der Waals surface area contributed by atoms with Gasteiger partial charge in [0.2, 0.25) is 5.95 Å². The lowest BCUT2D eigenvalue weighted by Gasteiger charge is -2.35. The summed E-state index contributed by atoms with van der Waals surface area (Å²) in [5.41, 5.74) is 9.36. The number of nitrogens with zero attached hydrogens (tertiary/aromatic N) is 9. The molecular formula is C26H26ClFN10. The number of piperazine rings is 1. The van der Waals surface area contributed by atoms with E-state index in [1.807, 2.05) is 30.2 Å². The molecule has 0 radical (unpaired) electrons. The second-order valence-corrected chi connectivity index (χ2v) is 10.1. The molecule has 10 nitrogen and oxygen atoms in total. The van der Waals surface area contributed by atoms with Gasteiger partial charge in [0.1, 0.15) is 17.7 Å². The Labute approximate surface area is 223 Å². The van der Waals surface area contributed by atoms with E-state index >= 15 is 0 Å². The van der Waals surface area contributed by atoms with Crippen molar-refractivity contribution in [2.24, 2.45) is 12.8 Å². The third-order valence-corrected chi connectivity index (χ3v) is 7.25. The van der Waals surface area contributed by atoms with Crippen LogP contribution in [0.1, 0.15) is 18.1 Å². The predicted octanol–water partition coefficient (Wildman–Crippen LogP) is 3.26. The molecule has 12 heteroatoms. The molecule has 1 atom stereocenters. The Morgan fingerprint density at radius 3 is 2.34 bits per heavy atom. The number of benzene rings is 1. The van der Waals surface area contributed by atoms with Crippen molar-refractivity contribution in [1.29, 1.82) is 0 Å². The standard InChI is InChI=1S/C26H26ClFN10/c1-26(29,21-4-3-20(27)10-22(21)28)19-12-30-25(31-13-19)37-7-5-36(6-8-37)24-23-9-17(15-38(23)34-16-32-24)18-11-33-35(2)14-18/h3-4,9-16H,5-8,29H2,1-2H3/t26-/m1/s1. The van der Waals surface area contributed by atoms with E-state index < -0.39 is 11.4 Å². The van der Waals surface area contributed by atoms with E-state index in [-0.39, 0.29) is 0 Å². The highest BCUT2D eigenvalue weighted by Crippen LogP contribution is 2.30. The molecule has 5 heterocycles. The van der Waals surface area contributed by atoms with Gasteiger partial charge in [-0.05, 0) is 25.1 Å². The molecule has 1 aliphatic rings. The molecule has 194 valence electrons. The lowest BCUT2D eigenvalue weighted by molar-refractivity contribution is 0.527. The van der Waals surface area contributed by atoms with Gasteiger partial charge in [-0.25, -0.2) is 23.9 Å². The summed E-state index contributed by atoms with van der Waals surface area (Å²) in [6, 6.07) is 6.57. The lowest BCUT2D eigenvalue weighted by atomic mass is 9.87. The summed E-state index contributed by atoms with van der Waals surface area (Å²) in [7, 11) is 1.90. The van der Waals surface area contributed by atoms with E-state index in [9.17, 15) is 4.39 Å². The number of nitrogens with two attached hydrogens (primary N) is 1. The zero-order valence-corrected chi connectivity index (χ0v) is 21.7. The molecule has 2 N–H and O–H groups in total. The molecule has 1 fully saturated rings. The number of rotatable bonds is 5. The predicted molar refractivity (Wildman–Crippen MR) is 144 cm³/mol. The van der Waals surface area contributed by atoms with Crippen molar-refractivity contribution in [2.75, 3.05) is 36.0 Å². The number of aromatic nitrogens is 7. The SMILES string of the molecule is Cn1cc(-c2cc3c(N4CCN(c5ncc([C@@](C)(N)c6ccc(Cl)cc6F)cn5)CC4)ncnn3c2)cn1. The fourth-order valence-electron chi connectivity index (χ4n) is 4.83.